The van der Waals surface area contributed by atoms with E-state index in [0.717, 1.165) is 55.3 Å². The van der Waals surface area contributed by atoms with E-state index in [1.807, 2.05) is 27.7 Å². The summed E-state index contributed by atoms with van der Waals surface area (Å²) in [6.45, 7) is 74.2. The number of alkyl halides is 12. The molecule has 542 valence electrons. The summed E-state index contributed by atoms with van der Waals surface area (Å²) in [5, 5.41) is 0. The lowest BCUT2D eigenvalue weighted by atomic mass is 9.87. The molecule has 0 aliphatic heterocycles. The summed E-state index contributed by atoms with van der Waals surface area (Å²) >= 11 is 0. The molecule has 0 aromatic rings. The van der Waals surface area contributed by atoms with Gasteiger partial charge in [0.15, 0.2) is 0 Å². The van der Waals surface area contributed by atoms with Crippen LogP contribution < -0.4 is 0 Å². The molecular formula is C74H162F12. The zero-order valence-electron chi connectivity index (χ0n) is 65.0. The second kappa shape index (κ2) is 74.9. The van der Waals surface area contributed by atoms with E-state index in [1.165, 1.54) is 85.5 Å². The van der Waals surface area contributed by atoms with Crippen molar-refractivity contribution in [1.82, 2.24) is 0 Å². The van der Waals surface area contributed by atoms with E-state index < -0.39 is 47.9 Å². The molecule has 0 radical (unpaired) electrons. The Morgan fingerprint density at radius 1 is 0.302 bits per heavy atom. The largest absolute Gasteiger partial charge is 0.391 e. The van der Waals surface area contributed by atoms with Gasteiger partial charge in [-0.15, -0.1) is 0 Å². The number of halogens is 12. The van der Waals surface area contributed by atoms with Crippen LogP contribution in [0.3, 0.4) is 0 Å². The van der Waals surface area contributed by atoms with Crippen molar-refractivity contribution in [1.29, 1.82) is 0 Å². The van der Waals surface area contributed by atoms with Crippen LogP contribution in [0.4, 0.5) is 52.7 Å². The van der Waals surface area contributed by atoms with Crippen LogP contribution in [0.2, 0.25) is 0 Å². The smallest absolute Gasteiger partial charge is 0.251 e. The fourth-order valence-corrected chi connectivity index (χ4v) is 3.95. The van der Waals surface area contributed by atoms with Gasteiger partial charge < -0.3 is 0 Å². The van der Waals surface area contributed by atoms with Gasteiger partial charge in [-0.2, -0.15) is 26.3 Å². The molecule has 0 amide bonds. The number of hydrogen-bond acceptors (Lipinski definition) is 0. The number of hydrogen-bond donors (Lipinski definition) is 0. The highest BCUT2D eigenvalue weighted by Gasteiger charge is 2.40. The SMILES string of the molecule is CCC(C)(C)C.CCC(C)C.CCC(C)C.CCC(C)C.CCC(C)C.CCC(C)C(F)(F)F.CCC(C)CF.CCC(F)(F)C(C)(C)C.CCCC(C)(C)C.CCCC(C)C.CCCC(C)C(F)(F)F.CCCC(C)C(F)F.CCCC(C)CF. The van der Waals surface area contributed by atoms with Gasteiger partial charge in [-0.25, -0.2) is 17.6 Å². The summed E-state index contributed by atoms with van der Waals surface area (Å²) in [7, 11) is 0. The molecule has 0 aliphatic rings. The van der Waals surface area contributed by atoms with Gasteiger partial charge in [0.25, 0.3) is 5.92 Å². The van der Waals surface area contributed by atoms with Crippen molar-refractivity contribution in [3.8, 4) is 0 Å². The Morgan fingerprint density at radius 3 is 0.616 bits per heavy atom. The van der Waals surface area contributed by atoms with Crippen LogP contribution in [-0.4, -0.2) is 38.0 Å². The third-order valence-electron chi connectivity index (χ3n) is 13.4. The first kappa shape index (κ1) is 116. The minimum atomic E-state index is -3.99. The summed E-state index contributed by atoms with van der Waals surface area (Å²) < 4.78 is 141. The van der Waals surface area contributed by atoms with E-state index in [-0.39, 0.29) is 44.4 Å². The minimum absolute atomic E-state index is 0.0729. The Labute approximate surface area is 535 Å². The van der Waals surface area contributed by atoms with Crippen molar-refractivity contribution < 1.29 is 52.7 Å². The zero-order chi connectivity index (χ0) is 72.5. The molecule has 5 unspecified atom stereocenters. The van der Waals surface area contributed by atoms with Crippen LogP contribution in [-0.2, 0) is 0 Å². The zero-order valence-corrected chi connectivity index (χ0v) is 65.0. The third kappa shape index (κ3) is 145. The molecule has 0 nitrogen and oxygen atoms in total. The maximum Gasteiger partial charge on any atom is 0.391 e. The van der Waals surface area contributed by atoms with Gasteiger partial charge in [-0.1, -0.05) is 333 Å². The summed E-state index contributed by atoms with van der Waals surface area (Å²) in [6.07, 6.45) is 7.24. The standard InChI is InChI=1S/C7H14F2.C7H16.C6H11F3.C6H12F2.C6H13F.2C6H14.C5H9F3.C5H11F.4C5H12/c1-5-7(8,9)6(2,3)4;1-5-6-7(2,3)4;1-3-4-5(2)6(7,8)9;1-3-4-5(2)6(7)8;1-3-4-6(2)5-7;1-5-6(2,3)4;1-4-5-6(2)3;1-3-4(2)5(6,7)8;1-3-5(2)4-6;4*1-4-5(2)3/h5H2,1-4H3;5-6H2,1-4H3;5H,3-4H2,1-2H3;5-6H,3-4H2,1-2H3;6H,3-5H2,1-2H3;5H2,1-4H3;6H,4-5H2,1-3H3;4H,3H2,1-2H3;5H,3-4H2,1-2H3;4*5H,4H2,1-3H3. The molecule has 0 bridgehead atoms. The van der Waals surface area contributed by atoms with Crippen molar-refractivity contribution in [3.63, 3.8) is 0 Å². The van der Waals surface area contributed by atoms with Gasteiger partial charge in [0.1, 0.15) is 0 Å². The average Bonchev–Trinajstić information content (AvgIpc) is 3.38. The number of rotatable bonds is 19. The molecule has 0 aromatic heterocycles. The van der Waals surface area contributed by atoms with Crippen molar-refractivity contribution in [2.24, 2.45) is 75.4 Å². The quantitative estimate of drug-likeness (QED) is 0.113. The van der Waals surface area contributed by atoms with E-state index >= 15 is 0 Å². The highest BCUT2D eigenvalue weighted by molar-refractivity contribution is 4.79. The van der Waals surface area contributed by atoms with Crippen LogP contribution in [0.15, 0.2) is 0 Å². The van der Waals surface area contributed by atoms with Gasteiger partial charge in [0.2, 0.25) is 6.43 Å². The first-order valence-electron chi connectivity index (χ1n) is 34.5. The van der Waals surface area contributed by atoms with Gasteiger partial charge in [0.05, 0.1) is 25.2 Å². The highest BCUT2D eigenvalue weighted by atomic mass is 19.4. The van der Waals surface area contributed by atoms with Gasteiger partial charge >= 0.3 is 12.4 Å². The monoisotopic (exact) mass is 1280 g/mol. The predicted octanol–water partition coefficient (Wildman–Crippen LogP) is 31.7. The lowest BCUT2D eigenvalue weighted by Gasteiger charge is -2.28. The molecule has 0 N–H and O–H groups in total. The molecule has 86 heavy (non-hydrogen) atoms. The second-order valence-electron chi connectivity index (χ2n) is 28.8. The predicted molar refractivity (Wildman–Crippen MR) is 370 cm³/mol. The van der Waals surface area contributed by atoms with Crippen LogP contribution >= 0.6 is 0 Å². The van der Waals surface area contributed by atoms with E-state index in [1.54, 1.807) is 34.6 Å². The van der Waals surface area contributed by atoms with Crippen molar-refractivity contribution in [2.45, 2.75) is 396 Å². The molecule has 0 spiro atoms. The van der Waals surface area contributed by atoms with Crippen molar-refractivity contribution in [2.75, 3.05) is 13.3 Å². The lowest BCUT2D eigenvalue weighted by Crippen LogP contribution is -2.32. The fraction of sp³-hybridized carbons (Fsp3) is 1.00. The molecule has 0 aromatic carbocycles. The Morgan fingerprint density at radius 2 is 0.581 bits per heavy atom. The first-order valence-corrected chi connectivity index (χ1v) is 34.5. The molecule has 0 saturated heterocycles. The van der Waals surface area contributed by atoms with E-state index in [9.17, 15) is 52.7 Å². The summed E-state index contributed by atoms with van der Waals surface area (Å²) in [5.74, 6) is -0.238. The van der Waals surface area contributed by atoms with Crippen LogP contribution in [0, 0.1) is 75.4 Å². The summed E-state index contributed by atoms with van der Waals surface area (Å²) in [4.78, 5) is 0. The van der Waals surface area contributed by atoms with Gasteiger partial charge in [-0.05, 0) is 84.4 Å². The Balaban J connectivity index is -0.0000000613. The van der Waals surface area contributed by atoms with E-state index in [0.29, 0.717) is 23.7 Å². The maximum absolute atomic E-state index is 12.7. The summed E-state index contributed by atoms with van der Waals surface area (Å²) in [6, 6.07) is 0. The molecule has 5 atom stereocenters. The Kier molecular flexibility index (Phi) is 101. The molecule has 0 fully saturated rings. The summed E-state index contributed by atoms with van der Waals surface area (Å²) in [5.41, 5.74) is 0.205. The molecule has 12 heteroatoms. The van der Waals surface area contributed by atoms with Gasteiger partial charge in [0, 0.05) is 17.8 Å². The Hall–Kier alpha value is -0.840. The van der Waals surface area contributed by atoms with Crippen LogP contribution in [0.1, 0.15) is 372 Å². The average molecular weight is 1280 g/mol. The fourth-order valence-electron chi connectivity index (χ4n) is 3.95. The second-order valence-corrected chi connectivity index (χ2v) is 28.8. The molecule has 0 heterocycles. The first-order chi connectivity index (χ1) is 38.5. The van der Waals surface area contributed by atoms with E-state index in [2.05, 4.69) is 166 Å². The van der Waals surface area contributed by atoms with Crippen molar-refractivity contribution >= 4 is 0 Å². The minimum Gasteiger partial charge on any atom is -0.251 e. The van der Waals surface area contributed by atoms with Crippen LogP contribution in [0.5, 0.6) is 0 Å². The van der Waals surface area contributed by atoms with Crippen molar-refractivity contribution in [3.05, 3.63) is 0 Å². The molecule has 0 saturated carbocycles. The molecular weight excluding hydrogens is 1120 g/mol. The van der Waals surface area contributed by atoms with Crippen LogP contribution in [0.25, 0.3) is 0 Å². The maximum atomic E-state index is 12.7. The van der Waals surface area contributed by atoms with Gasteiger partial charge in [-0.3, -0.25) is 8.78 Å². The lowest BCUT2D eigenvalue weighted by molar-refractivity contribution is -0.171. The Bertz CT molecular complexity index is 1100. The van der Waals surface area contributed by atoms with E-state index in [4.69, 9.17) is 0 Å². The molecule has 0 rings (SSSR count). The topological polar surface area (TPSA) is 0 Å². The third-order valence-corrected chi connectivity index (χ3v) is 13.4. The normalized spacial score (nSPS) is 12.9. The molecule has 0 aliphatic carbocycles. The highest BCUT2D eigenvalue weighted by Crippen LogP contribution is 2.38.